The van der Waals surface area contributed by atoms with E-state index in [1.165, 1.54) is 6.07 Å². The van der Waals surface area contributed by atoms with E-state index in [2.05, 4.69) is 15.9 Å². The summed E-state index contributed by atoms with van der Waals surface area (Å²) in [6.45, 7) is 1.40. The lowest BCUT2D eigenvalue weighted by Gasteiger charge is -2.31. The highest BCUT2D eigenvalue weighted by atomic mass is 79.9. The van der Waals surface area contributed by atoms with E-state index >= 15 is 0 Å². The van der Waals surface area contributed by atoms with Crippen molar-refractivity contribution in [1.29, 1.82) is 0 Å². The number of carbonyl (C=O) groups is 1. The second-order valence-electron chi connectivity index (χ2n) is 4.52. The van der Waals surface area contributed by atoms with Gasteiger partial charge < -0.3 is 4.90 Å². The predicted octanol–water partition coefficient (Wildman–Crippen LogP) is 3.68. The van der Waals surface area contributed by atoms with Crippen LogP contribution in [0.4, 0.5) is 4.39 Å². The molecule has 2 rings (SSSR count). The second-order valence-corrected chi connectivity index (χ2v) is 5.68. The van der Waals surface area contributed by atoms with Crippen molar-refractivity contribution in [3.8, 4) is 0 Å². The van der Waals surface area contributed by atoms with Crippen molar-refractivity contribution in [3.63, 3.8) is 0 Å². The number of hydrogen-bond acceptors (Lipinski definition) is 1. The van der Waals surface area contributed by atoms with Crippen LogP contribution in [0.25, 0.3) is 0 Å². The molecule has 5 heteroatoms. The first-order valence-electron chi connectivity index (χ1n) is 5.92. The molecular formula is C13H14BrClFNO. The van der Waals surface area contributed by atoms with Crippen LogP contribution in [0.5, 0.6) is 0 Å². The van der Waals surface area contributed by atoms with Gasteiger partial charge in [-0.2, -0.15) is 0 Å². The van der Waals surface area contributed by atoms with Crippen molar-refractivity contribution in [2.24, 2.45) is 5.92 Å². The Hall–Kier alpha value is -0.610. The van der Waals surface area contributed by atoms with Crippen LogP contribution in [-0.2, 0) is 0 Å². The molecule has 0 aromatic heterocycles. The molecule has 1 aromatic carbocycles. The van der Waals surface area contributed by atoms with Crippen LogP contribution in [0.1, 0.15) is 23.2 Å². The van der Waals surface area contributed by atoms with E-state index in [-0.39, 0.29) is 5.91 Å². The molecule has 1 fully saturated rings. The molecule has 0 bridgehead atoms. The van der Waals surface area contributed by atoms with E-state index in [0.29, 0.717) is 34.9 Å². The van der Waals surface area contributed by atoms with E-state index in [1.54, 1.807) is 17.0 Å². The Morgan fingerprint density at radius 2 is 2.11 bits per heavy atom. The van der Waals surface area contributed by atoms with Gasteiger partial charge in [-0.25, -0.2) is 4.39 Å². The molecule has 0 aliphatic carbocycles. The van der Waals surface area contributed by atoms with Gasteiger partial charge >= 0.3 is 0 Å². The van der Waals surface area contributed by atoms with Crippen molar-refractivity contribution in [2.45, 2.75) is 12.8 Å². The summed E-state index contributed by atoms with van der Waals surface area (Å²) in [5.41, 5.74) is 0.403. The summed E-state index contributed by atoms with van der Waals surface area (Å²) >= 11 is 8.88. The zero-order valence-electron chi connectivity index (χ0n) is 9.83. The highest BCUT2D eigenvalue weighted by Gasteiger charge is 2.23. The molecule has 0 N–H and O–H groups in total. The summed E-state index contributed by atoms with van der Waals surface area (Å²) in [7, 11) is 0. The molecule has 1 saturated heterocycles. The molecule has 1 aliphatic rings. The number of amides is 1. The summed E-state index contributed by atoms with van der Waals surface area (Å²) < 4.78 is 13.8. The Balaban J connectivity index is 2.05. The lowest BCUT2D eigenvalue weighted by atomic mass is 9.98. The van der Waals surface area contributed by atoms with Gasteiger partial charge in [0, 0.05) is 24.5 Å². The average molecular weight is 335 g/mol. The predicted molar refractivity (Wildman–Crippen MR) is 73.4 cm³/mol. The summed E-state index contributed by atoms with van der Waals surface area (Å²) in [6, 6.07) is 4.48. The van der Waals surface area contributed by atoms with E-state index in [0.717, 1.165) is 12.8 Å². The quantitative estimate of drug-likeness (QED) is 0.756. The van der Waals surface area contributed by atoms with Gasteiger partial charge in [0.2, 0.25) is 0 Å². The Kier molecular flexibility index (Phi) is 4.62. The normalized spacial score (nSPS) is 16.9. The lowest BCUT2D eigenvalue weighted by Crippen LogP contribution is -2.38. The Bertz CT molecular complexity index is 447. The van der Waals surface area contributed by atoms with E-state index in [4.69, 9.17) is 11.6 Å². The minimum atomic E-state index is -0.406. The molecule has 2 nitrogen and oxygen atoms in total. The third-order valence-corrected chi connectivity index (χ3v) is 4.37. The van der Waals surface area contributed by atoms with Gasteiger partial charge in [-0.15, -0.1) is 11.6 Å². The molecule has 0 unspecified atom stereocenters. The van der Waals surface area contributed by atoms with Crippen LogP contribution in [0.2, 0.25) is 0 Å². The van der Waals surface area contributed by atoms with Gasteiger partial charge in [-0.05, 0) is 52.9 Å². The second kappa shape index (κ2) is 6.02. The van der Waals surface area contributed by atoms with E-state index in [1.807, 2.05) is 0 Å². The Morgan fingerprint density at radius 1 is 1.44 bits per heavy atom. The number of rotatable bonds is 2. The van der Waals surface area contributed by atoms with Gasteiger partial charge in [0.25, 0.3) is 5.91 Å². The maximum Gasteiger partial charge on any atom is 0.253 e. The van der Waals surface area contributed by atoms with Crippen molar-refractivity contribution in [3.05, 3.63) is 34.1 Å². The van der Waals surface area contributed by atoms with Gasteiger partial charge in [0.05, 0.1) is 4.47 Å². The molecule has 0 radical (unpaired) electrons. The number of piperidine rings is 1. The number of likely N-dealkylation sites (tertiary alicyclic amines) is 1. The van der Waals surface area contributed by atoms with Gasteiger partial charge in [-0.3, -0.25) is 4.79 Å². The molecule has 1 aliphatic heterocycles. The molecule has 1 amide bonds. The number of benzene rings is 1. The minimum absolute atomic E-state index is 0.102. The topological polar surface area (TPSA) is 20.3 Å². The van der Waals surface area contributed by atoms with Crippen LogP contribution in [-0.4, -0.2) is 29.8 Å². The Labute approximate surface area is 119 Å². The third kappa shape index (κ3) is 3.04. The summed E-state index contributed by atoms with van der Waals surface area (Å²) in [5.74, 6) is 0.637. The molecule has 0 atom stereocenters. The van der Waals surface area contributed by atoms with Crippen molar-refractivity contribution in [2.75, 3.05) is 19.0 Å². The SMILES string of the molecule is O=C(c1ccc(Br)c(F)c1)N1CCC(CCl)CC1. The molecule has 0 saturated carbocycles. The molecule has 0 spiro atoms. The van der Waals surface area contributed by atoms with Crippen LogP contribution < -0.4 is 0 Å². The number of halogens is 3. The summed E-state index contributed by atoms with van der Waals surface area (Å²) in [5, 5.41) is 0. The van der Waals surface area contributed by atoms with Crippen LogP contribution >= 0.6 is 27.5 Å². The molecule has 18 heavy (non-hydrogen) atoms. The first-order valence-corrected chi connectivity index (χ1v) is 7.25. The summed E-state index contributed by atoms with van der Waals surface area (Å²) in [6.07, 6.45) is 1.85. The minimum Gasteiger partial charge on any atom is -0.339 e. The fourth-order valence-electron chi connectivity index (χ4n) is 2.10. The van der Waals surface area contributed by atoms with Gasteiger partial charge in [0.15, 0.2) is 0 Å². The molecule has 1 aromatic rings. The standard InChI is InChI=1S/C13H14BrClFNO/c14-11-2-1-10(7-12(11)16)13(18)17-5-3-9(8-15)4-6-17/h1-2,7,9H,3-6,8H2. The van der Waals surface area contributed by atoms with Crippen LogP contribution in [0.3, 0.4) is 0 Å². The van der Waals surface area contributed by atoms with E-state index in [9.17, 15) is 9.18 Å². The van der Waals surface area contributed by atoms with Crippen LogP contribution in [0.15, 0.2) is 22.7 Å². The molecule has 1 heterocycles. The fraction of sp³-hybridized carbons (Fsp3) is 0.462. The van der Waals surface area contributed by atoms with E-state index < -0.39 is 5.82 Å². The van der Waals surface area contributed by atoms with Crippen molar-refractivity contribution < 1.29 is 9.18 Å². The fourth-order valence-corrected chi connectivity index (χ4v) is 2.66. The van der Waals surface area contributed by atoms with Gasteiger partial charge in [-0.1, -0.05) is 0 Å². The maximum atomic E-state index is 13.4. The number of hydrogen-bond donors (Lipinski definition) is 0. The lowest BCUT2D eigenvalue weighted by molar-refractivity contribution is 0.0697. The Morgan fingerprint density at radius 3 is 2.67 bits per heavy atom. The zero-order valence-corrected chi connectivity index (χ0v) is 12.2. The van der Waals surface area contributed by atoms with Gasteiger partial charge in [0.1, 0.15) is 5.82 Å². The largest absolute Gasteiger partial charge is 0.339 e. The first-order chi connectivity index (χ1) is 8.61. The monoisotopic (exact) mass is 333 g/mol. The van der Waals surface area contributed by atoms with Crippen LogP contribution in [0, 0.1) is 11.7 Å². The van der Waals surface area contributed by atoms with Crippen molar-refractivity contribution in [1.82, 2.24) is 4.90 Å². The maximum absolute atomic E-state index is 13.4. The smallest absolute Gasteiger partial charge is 0.253 e. The number of nitrogens with zero attached hydrogens (tertiary/aromatic N) is 1. The highest BCUT2D eigenvalue weighted by Crippen LogP contribution is 2.22. The first kappa shape index (κ1) is 13.8. The summed E-state index contributed by atoms with van der Waals surface area (Å²) in [4.78, 5) is 13.9. The van der Waals surface area contributed by atoms with Crippen molar-refractivity contribution >= 4 is 33.4 Å². The number of alkyl halides is 1. The average Bonchev–Trinajstić information content (AvgIpc) is 2.41. The number of carbonyl (C=O) groups excluding carboxylic acids is 1. The molecular weight excluding hydrogens is 321 g/mol. The molecule has 98 valence electrons. The third-order valence-electron chi connectivity index (χ3n) is 3.29. The zero-order chi connectivity index (χ0) is 13.1. The highest BCUT2D eigenvalue weighted by molar-refractivity contribution is 9.10.